The van der Waals surface area contributed by atoms with E-state index in [1.807, 2.05) is 49.3 Å². The molecule has 0 spiro atoms. The molecule has 0 aliphatic carbocycles. The molecule has 3 N–H and O–H groups in total. The number of carbonyl (C=O) groups is 1. The maximum absolute atomic E-state index is 13.1. The molecule has 26 heavy (non-hydrogen) atoms. The Morgan fingerprint density at radius 1 is 1.04 bits per heavy atom. The van der Waals surface area contributed by atoms with Gasteiger partial charge in [0.1, 0.15) is 5.82 Å². The average Bonchev–Trinajstić information content (AvgIpc) is 2.57. The number of nitrogens with one attached hydrogen (secondary N) is 1. The van der Waals surface area contributed by atoms with E-state index in [2.05, 4.69) is 5.32 Å². The summed E-state index contributed by atoms with van der Waals surface area (Å²) < 4.78 is 13.1. The zero-order valence-corrected chi connectivity index (χ0v) is 16.5. The second-order valence-electron chi connectivity index (χ2n) is 6.06. The number of halogens is 3. The van der Waals surface area contributed by atoms with E-state index in [0.717, 1.165) is 11.1 Å². The fourth-order valence-corrected chi connectivity index (χ4v) is 2.58. The summed E-state index contributed by atoms with van der Waals surface area (Å²) in [6.45, 7) is 0.443. The van der Waals surface area contributed by atoms with Crippen LogP contribution in [0.3, 0.4) is 0 Å². The number of likely N-dealkylation sites (N-methyl/N-ethyl adjacent to an activating group) is 1. The molecular weight excluding hydrogens is 376 g/mol. The van der Waals surface area contributed by atoms with E-state index in [9.17, 15) is 9.18 Å². The third kappa shape index (κ3) is 7.30. The lowest BCUT2D eigenvalue weighted by Gasteiger charge is -2.25. The predicted octanol–water partition coefficient (Wildman–Crippen LogP) is 3.48. The second-order valence-corrected chi connectivity index (χ2v) is 6.06. The molecular formula is C19H26Cl2FN3O. The third-order valence-corrected chi connectivity index (χ3v) is 4.00. The molecule has 0 heterocycles. The van der Waals surface area contributed by atoms with Crippen LogP contribution in [0.4, 0.5) is 4.39 Å². The van der Waals surface area contributed by atoms with Gasteiger partial charge in [-0.3, -0.25) is 4.79 Å². The molecule has 2 unspecified atom stereocenters. The minimum absolute atomic E-state index is 0. The zero-order chi connectivity index (χ0) is 17.5. The summed E-state index contributed by atoms with van der Waals surface area (Å²) in [4.78, 5) is 14.2. The first-order valence-electron chi connectivity index (χ1n) is 7.96. The van der Waals surface area contributed by atoms with Crippen LogP contribution < -0.4 is 11.1 Å². The molecule has 7 heteroatoms. The van der Waals surface area contributed by atoms with Gasteiger partial charge in [-0.15, -0.1) is 24.8 Å². The van der Waals surface area contributed by atoms with Crippen LogP contribution in [0.15, 0.2) is 54.6 Å². The minimum Gasteiger partial charge on any atom is -0.354 e. The molecule has 2 atom stereocenters. The summed E-state index contributed by atoms with van der Waals surface area (Å²) in [6.07, 6.45) is 0.230. The molecule has 2 aromatic carbocycles. The molecule has 0 bridgehead atoms. The minimum atomic E-state index is -0.324. The number of nitrogens with zero attached hydrogens (tertiary/aromatic N) is 1. The highest BCUT2D eigenvalue weighted by Gasteiger charge is 2.17. The molecule has 4 nitrogen and oxygen atoms in total. The largest absolute Gasteiger partial charge is 0.354 e. The van der Waals surface area contributed by atoms with E-state index >= 15 is 0 Å². The molecule has 1 amide bonds. The van der Waals surface area contributed by atoms with Crippen molar-refractivity contribution >= 4 is 30.7 Å². The van der Waals surface area contributed by atoms with Crippen molar-refractivity contribution < 1.29 is 9.18 Å². The van der Waals surface area contributed by atoms with Crippen molar-refractivity contribution in [3.8, 4) is 0 Å². The highest BCUT2D eigenvalue weighted by atomic mass is 35.5. The lowest BCUT2D eigenvalue weighted by Crippen LogP contribution is -2.35. The summed E-state index contributed by atoms with van der Waals surface area (Å²) in [5, 5.41) is 2.92. The lowest BCUT2D eigenvalue weighted by atomic mass is 10.0. The van der Waals surface area contributed by atoms with Gasteiger partial charge >= 0.3 is 0 Å². The SMILES string of the molecule is CN(C)C(CNC(=O)CC(N)c1ccccc1)c1ccc(F)cc1.Cl.Cl. The first-order valence-corrected chi connectivity index (χ1v) is 7.96. The van der Waals surface area contributed by atoms with E-state index in [1.54, 1.807) is 12.1 Å². The Morgan fingerprint density at radius 2 is 1.62 bits per heavy atom. The van der Waals surface area contributed by atoms with Gasteiger partial charge in [0.25, 0.3) is 0 Å². The molecule has 0 saturated carbocycles. The third-order valence-electron chi connectivity index (χ3n) is 4.00. The van der Waals surface area contributed by atoms with Gasteiger partial charge in [0.15, 0.2) is 0 Å². The number of carbonyl (C=O) groups excluding carboxylic acids is 1. The van der Waals surface area contributed by atoms with Crippen molar-refractivity contribution in [3.63, 3.8) is 0 Å². The maximum atomic E-state index is 13.1. The number of nitrogens with two attached hydrogens (primary N) is 1. The normalized spacial score (nSPS) is 12.5. The molecule has 144 valence electrons. The van der Waals surface area contributed by atoms with Crippen LogP contribution in [0.1, 0.15) is 29.6 Å². The van der Waals surface area contributed by atoms with Crippen LogP contribution in [-0.2, 0) is 4.79 Å². The average molecular weight is 402 g/mol. The van der Waals surface area contributed by atoms with E-state index < -0.39 is 0 Å². The summed E-state index contributed by atoms with van der Waals surface area (Å²) in [7, 11) is 3.85. The van der Waals surface area contributed by atoms with Gasteiger partial charge in [-0.2, -0.15) is 0 Å². The fourth-order valence-electron chi connectivity index (χ4n) is 2.58. The lowest BCUT2D eigenvalue weighted by molar-refractivity contribution is -0.121. The van der Waals surface area contributed by atoms with Crippen molar-refractivity contribution in [2.45, 2.75) is 18.5 Å². The monoisotopic (exact) mass is 401 g/mol. The number of rotatable bonds is 7. The molecule has 0 fully saturated rings. The molecule has 0 aliphatic heterocycles. The Morgan fingerprint density at radius 3 is 2.15 bits per heavy atom. The van der Waals surface area contributed by atoms with E-state index in [0.29, 0.717) is 6.54 Å². The van der Waals surface area contributed by atoms with Crippen molar-refractivity contribution in [1.82, 2.24) is 10.2 Å². The second kappa shape index (κ2) is 11.9. The smallest absolute Gasteiger partial charge is 0.221 e. The van der Waals surface area contributed by atoms with Crippen LogP contribution in [0.5, 0.6) is 0 Å². The summed E-state index contributed by atoms with van der Waals surface area (Å²) in [5.41, 5.74) is 7.97. The van der Waals surface area contributed by atoms with Crippen molar-refractivity contribution in [2.24, 2.45) is 5.73 Å². The van der Waals surface area contributed by atoms with Gasteiger partial charge in [-0.05, 0) is 37.4 Å². The number of hydrogen-bond donors (Lipinski definition) is 2. The molecule has 0 aliphatic rings. The molecule has 0 saturated heterocycles. The van der Waals surface area contributed by atoms with E-state index in [-0.39, 0.29) is 55.0 Å². The standard InChI is InChI=1S/C19H24FN3O.2ClH/c1-23(2)18(15-8-10-16(20)11-9-15)13-22-19(24)12-17(21)14-6-4-3-5-7-14;;/h3-11,17-18H,12-13,21H2,1-2H3,(H,22,24);2*1H. The summed E-state index contributed by atoms with van der Waals surface area (Å²) >= 11 is 0. The van der Waals surface area contributed by atoms with Gasteiger partial charge in [0.05, 0.1) is 6.04 Å². The Bertz CT molecular complexity index is 654. The maximum Gasteiger partial charge on any atom is 0.221 e. The van der Waals surface area contributed by atoms with E-state index in [1.165, 1.54) is 12.1 Å². The summed E-state index contributed by atoms with van der Waals surface area (Å²) in [6, 6.07) is 15.5. The predicted molar refractivity (Wildman–Crippen MR) is 108 cm³/mol. The van der Waals surface area contributed by atoms with Crippen LogP contribution in [0.25, 0.3) is 0 Å². The van der Waals surface area contributed by atoms with Crippen LogP contribution in [-0.4, -0.2) is 31.4 Å². The zero-order valence-electron chi connectivity index (χ0n) is 14.9. The van der Waals surface area contributed by atoms with Gasteiger partial charge < -0.3 is 16.0 Å². The van der Waals surface area contributed by atoms with Gasteiger partial charge in [0.2, 0.25) is 5.91 Å². The van der Waals surface area contributed by atoms with Crippen LogP contribution >= 0.6 is 24.8 Å². The quantitative estimate of drug-likeness (QED) is 0.746. The van der Waals surface area contributed by atoms with Crippen LogP contribution in [0, 0.1) is 5.82 Å². The van der Waals surface area contributed by atoms with Crippen molar-refractivity contribution in [2.75, 3.05) is 20.6 Å². The summed E-state index contributed by atoms with van der Waals surface area (Å²) in [5.74, 6) is -0.366. The fraction of sp³-hybridized carbons (Fsp3) is 0.316. The Labute approximate surface area is 166 Å². The van der Waals surface area contributed by atoms with Gasteiger partial charge in [0, 0.05) is 19.0 Å². The molecule has 0 aromatic heterocycles. The molecule has 0 radical (unpaired) electrons. The highest BCUT2D eigenvalue weighted by Crippen LogP contribution is 2.18. The van der Waals surface area contributed by atoms with Gasteiger partial charge in [-0.1, -0.05) is 42.5 Å². The van der Waals surface area contributed by atoms with Crippen molar-refractivity contribution in [3.05, 3.63) is 71.5 Å². The first kappa shape index (κ1) is 24.3. The Hall–Kier alpha value is -1.66. The number of benzene rings is 2. The molecule has 2 rings (SSSR count). The molecule has 2 aromatic rings. The van der Waals surface area contributed by atoms with Crippen molar-refractivity contribution in [1.29, 1.82) is 0 Å². The van der Waals surface area contributed by atoms with Crippen LogP contribution in [0.2, 0.25) is 0 Å². The number of hydrogen-bond acceptors (Lipinski definition) is 3. The highest BCUT2D eigenvalue weighted by molar-refractivity contribution is 5.85. The van der Waals surface area contributed by atoms with Gasteiger partial charge in [-0.25, -0.2) is 4.39 Å². The van der Waals surface area contributed by atoms with E-state index in [4.69, 9.17) is 5.73 Å². The number of amides is 1. The Kier molecular flexibility index (Phi) is 11.1. The first-order chi connectivity index (χ1) is 11.5. The Balaban J connectivity index is 0.00000312. The topological polar surface area (TPSA) is 58.4 Å².